The molecule has 0 aromatic heterocycles. The Morgan fingerprint density at radius 3 is 2.10 bits per heavy atom. The molecular weight excluding hydrogens is 402 g/mol. The summed E-state index contributed by atoms with van der Waals surface area (Å²) in [5.41, 5.74) is 2.09. The quantitative estimate of drug-likeness (QED) is 0.692. The highest BCUT2D eigenvalue weighted by Gasteiger charge is 2.33. The molecule has 0 spiro atoms. The molecule has 0 unspecified atom stereocenters. The van der Waals surface area contributed by atoms with E-state index in [4.69, 9.17) is 0 Å². The molecule has 0 aliphatic carbocycles. The zero-order valence-corrected chi connectivity index (χ0v) is 14.4. The van der Waals surface area contributed by atoms with Crippen LogP contribution in [0.2, 0.25) is 0 Å². The van der Waals surface area contributed by atoms with Crippen molar-refractivity contribution in [2.45, 2.75) is 5.37 Å². The van der Waals surface area contributed by atoms with E-state index in [1.807, 2.05) is 41.3 Å². The van der Waals surface area contributed by atoms with Crippen LogP contribution in [0, 0.1) is 0 Å². The number of benzene rings is 2. The maximum atomic E-state index is 12.2. The third-order valence-electron chi connectivity index (χ3n) is 3.13. The highest BCUT2D eigenvalue weighted by molar-refractivity contribution is 9.10. The summed E-state index contributed by atoms with van der Waals surface area (Å²) < 4.78 is 2.06. The molecule has 102 valence electrons. The second-order valence-electron chi connectivity index (χ2n) is 4.46. The molecule has 3 rings (SSSR count). The van der Waals surface area contributed by atoms with Gasteiger partial charge < -0.3 is 0 Å². The van der Waals surface area contributed by atoms with Gasteiger partial charge in [-0.05, 0) is 42.0 Å². The first-order valence-corrected chi connectivity index (χ1v) is 8.73. The molecule has 1 aliphatic rings. The van der Waals surface area contributed by atoms with E-state index < -0.39 is 0 Å². The Labute approximate surface area is 138 Å². The first kappa shape index (κ1) is 14.2. The Kier molecular flexibility index (Phi) is 4.19. The normalized spacial score (nSPS) is 18.6. The van der Waals surface area contributed by atoms with Crippen LogP contribution in [0.5, 0.6) is 0 Å². The second-order valence-corrected chi connectivity index (χ2v) is 7.35. The number of halogens is 2. The van der Waals surface area contributed by atoms with E-state index in [0.29, 0.717) is 5.75 Å². The van der Waals surface area contributed by atoms with Gasteiger partial charge in [0.25, 0.3) is 0 Å². The van der Waals surface area contributed by atoms with Crippen LogP contribution in [0.3, 0.4) is 0 Å². The highest BCUT2D eigenvalue weighted by Crippen LogP contribution is 2.42. The number of thioether (sulfide) groups is 1. The molecule has 2 nitrogen and oxygen atoms in total. The average Bonchev–Trinajstić information content (AvgIpc) is 2.83. The van der Waals surface area contributed by atoms with Gasteiger partial charge >= 0.3 is 0 Å². The third-order valence-corrected chi connectivity index (χ3v) is 5.40. The predicted molar refractivity (Wildman–Crippen MR) is 91.0 cm³/mol. The van der Waals surface area contributed by atoms with Crippen molar-refractivity contribution in [2.75, 3.05) is 10.7 Å². The molecule has 2 aromatic carbocycles. The number of amides is 1. The number of hydrogen-bond acceptors (Lipinski definition) is 2. The number of anilines is 1. The first-order valence-electron chi connectivity index (χ1n) is 6.10. The maximum absolute atomic E-state index is 12.2. The molecule has 1 heterocycles. The summed E-state index contributed by atoms with van der Waals surface area (Å²) in [4.78, 5) is 14.1. The molecule has 20 heavy (non-hydrogen) atoms. The van der Waals surface area contributed by atoms with Crippen LogP contribution in [0.15, 0.2) is 57.5 Å². The Hall–Kier alpha value is -0.780. The third kappa shape index (κ3) is 2.80. The van der Waals surface area contributed by atoms with Crippen molar-refractivity contribution in [2.24, 2.45) is 0 Å². The Morgan fingerprint density at radius 2 is 1.50 bits per heavy atom. The van der Waals surface area contributed by atoms with Crippen molar-refractivity contribution in [1.29, 1.82) is 0 Å². The molecule has 0 N–H and O–H groups in total. The van der Waals surface area contributed by atoms with Gasteiger partial charge in [-0.1, -0.05) is 44.0 Å². The van der Waals surface area contributed by atoms with Gasteiger partial charge in [0.2, 0.25) is 5.91 Å². The van der Waals surface area contributed by atoms with Gasteiger partial charge in [-0.25, -0.2) is 0 Å². The van der Waals surface area contributed by atoms with Crippen LogP contribution in [-0.2, 0) is 4.79 Å². The summed E-state index contributed by atoms with van der Waals surface area (Å²) in [5, 5.41) is 0.0526. The molecule has 1 saturated heterocycles. The van der Waals surface area contributed by atoms with Crippen molar-refractivity contribution in [3.63, 3.8) is 0 Å². The minimum atomic E-state index is 0.0526. The number of hydrogen-bond donors (Lipinski definition) is 0. The van der Waals surface area contributed by atoms with E-state index >= 15 is 0 Å². The summed E-state index contributed by atoms with van der Waals surface area (Å²) in [6.45, 7) is 0. The van der Waals surface area contributed by atoms with Gasteiger partial charge in [0, 0.05) is 14.6 Å². The molecule has 0 radical (unpaired) electrons. The summed E-state index contributed by atoms with van der Waals surface area (Å²) >= 11 is 8.53. The smallest absolute Gasteiger partial charge is 0.238 e. The number of carbonyl (C=O) groups is 1. The van der Waals surface area contributed by atoms with E-state index in [-0.39, 0.29) is 11.3 Å². The van der Waals surface area contributed by atoms with E-state index in [2.05, 4.69) is 44.0 Å². The number of carbonyl (C=O) groups excluding carboxylic acids is 1. The second kappa shape index (κ2) is 5.92. The average molecular weight is 413 g/mol. The van der Waals surface area contributed by atoms with Crippen molar-refractivity contribution < 1.29 is 4.79 Å². The monoisotopic (exact) mass is 411 g/mol. The molecule has 1 fully saturated rings. The molecule has 0 saturated carbocycles. The Balaban J connectivity index is 1.96. The Bertz CT molecular complexity index is 627. The van der Waals surface area contributed by atoms with Gasteiger partial charge in [-0.2, -0.15) is 0 Å². The zero-order chi connectivity index (χ0) is 14.1. The molecule has 5 heteroatoms. The fourth-order valence-corrected chi connectivity index (χ4v) is 3.89. The molecule has 0 bridgehead atoms. The SMILES string of the molecule is O=C1CS[C@@H](c2ccc(Br)cc2)N1c1ccc(Br)cc1. The zero-order valence-electron chi connectivity index (χ0n) is 10.4. The van der Waals surface area contributed by atoms with Crippen LogP contribution < -0.4 is 4.90 Å². The summed E-state index contributed by atoms with van der Waals surface area (Å²) in [5.74, 6) is 0.682. The lowest BCUT2D eigenvalue weighted by atomic mass is 10.2. The fraction of sp³-hybridized carbons (Fsp3) is 0.133. The van der Waals surface area contributed by atoms with Crippen molar-refractivity contribution in [3.8, 4) is 0 Å². The largest absolute Gasteiger partial charge is 0.295 e. The minimum absolute atomic E-state index is 0.0526. The molecule has 2 aromatic rings. The number of rotatable bonds is 2. The molecule has 1 amide bonds. The summed E-state index contributed by atoms with van der Waals surface area (Å²) in [7, 11) is 0. The van der Waals surface area contributed by atoms with Crippen LogP contribution in [0.1, 0.15) is 10.9 Å². The highest BCUT2D eigenvalue weighted by atomic mass is 79.9. The van der Waals surface area contributed by atoms with Crippen molar-refractivity contribution in [1.82, 2.24) is 0 Å². The lowest BCUT2D eigenvalue weighted by molar-refractivity contribution is -0.115. The van der Waals surface area contributed by atoms with Gasteiger partial charge in [0.1, 0.15) is 5.37 Å². The lowest BCUT2D eigenvalue weighted by Gasteiger charge is -2.24. The standard InChI is InChI=1S/C15H11Br2NOS/c16-11-3-1-10(2-4-11)15-18(14(19)9-20-15)13-7-5-12(17)6-8-13/h1-8,15H,9H2/t15-/m0/s1. The van der Waals surface area contributed by atoms with Gasteiger partial charge in [-0.3, -0.25) is 9.69 Å². The van der Waals surface area contributed by atoms with Crippen LogP contribution in [-0.4, -0.2) is 11.7 Å². The van der Waals surface area contributed by atoms with E-state index in [1.54, 1.807) is 11.8 Å². The van der Waals surface area contributed by atoms with E-state index in [9.17, 15) is 4.79 Å². The van der Waals surface area contributed by atoms with Gasteiger partial charge in [0.15, 0.2) is 0 Å². The number of nitrogens with zero attached hydrogens (tertiary/aromatic N) is 1. The summed E-state index contributed by atoms with van der Waals surface area (Å²) in [6.07, 6.45) is 0. The molecular formula is C15H11Br2NOS. The van der Waals surface area contributed by atoms with Crippen LogP contribution >= 0.6 is 43.6 Å². The Morgan fingerprint density at radius 1 is 0.950 bits per heavy atom. The van der Waals surface area contributed by atoms with Crippen LogP contribution in [0.4, 0.5) is 5.69 Å². The van der Waals surface area contributed by atoms with E-state index in [0.717, 1.165) is 20.2 Å². The minimum Gasteiger partial charge on any atom is -0.295 e. The summed E-state index contributed by atoms with van der Waals surface area (Å²) in [6, 6.07) is 16.0. The van der Waals surface area contributed by atoms with Gasteiger partial charge in [0.05, 0.1) is 5.75 Å². The molecule has 1 atom stereocenters. The van der Waals surface area contributed by atoms with Gasteiger partial charge in [-0.15, -0.1) is 11.8 Å². The van der Waals surface area contributed by atoms with Crippen molar-refractivity contribution >= 4 is 55.2 Å². The first-order chi connectivity index (χ1) is 9.65. The van der Waals surface area contributed by atoms with Crippen LogP contribution in [0.25, 0.3) is 0 Å². The van der Waals surface area contributed by atoms with Crippen molar-refractivity contribution in [3.05, 3.63) is 63.0 Å². The topological polar surface area (TPSA) is 20.3 Å². The lowest BCUT2D eigenvalue weighted by Crippen LogP contribution is -2.27. The molecule has 1 aliphatic heterocycles. The maximum Gasteiger partial charge on any atom is 0.238 e. The predicted octanol–water partition coefficient (Wildman–Crippen LogP) is 4.99. The van der Waals surface area contributed by atoms with E-state index in [1.165, 1.54) is 0 Å². The fourth-order valence-electron chi connectivity index (χ4n) is 2.18.